The number of anilines is 1. The molecule has 0 aliphatic heterocycles. The number of aromatic nitrogens is 1. The van der Waals surface area contributed by atoms with Gasteiger partial charge in [0.25, 0.3) is 0 Å². The minimum Gasteiger partial charge on any atom is -0.488 e. The van der Waals surface area contributed by atoms with Crippen LogP contribution in [0, 0.1) is 3.57 Å². The summed E-state index contributed by atoms with van der Waals surface area (Å²) in [5.41, 5.74) is 3.57. The van der Waals surface area contributed by atoms with E-state index in [4.69, 9.17) is 4.74 Å². The number of halogens is 4. The third kappa shape index (κ3) is 5.69. The maximum absolute atomic E-state index is 12.5. The van der Waals surface area contributed by atoms with Crippen molar-refractivity contribution in [1.82, 2.24) is 4.98 Å². The summed E-state index contributed by atoms with van der Waals surface area (Å²) in [5, 5.41) is 4.03. The van der Waals surface area contributed by atoms with Crippen LogP contribution in [0.1, 0.15) is 16.7 Å². The van der Waals surface area contributed by atoms with Crippen LogP contribution in [-0.4, -0.2) is 11.2 Å². The number of para-hydroxylation sites is 1. The Bertz CT molecular complexity index is 942. The number of benzene rings is 2. The third-order valence-electron chi connectivity index (χ3n) is 3.70. The van der Waals surface area contributed by atoms with Gasteiger partial charge in [0.15, 0.2) is 0 Å². The molecule has 3 rings (SSSR count). The fourth-order valence-corrected chi connectivity index (χ4v) is 2.62. The second-order valence-corrected chi connectivity index (χ2v) is 7.00. The molecule has 0 atom stereocenters. The van der Waals surface area contributed by atoms with Crippen LogP contribution in [-0.2, 0) is 12.8 Å². The molecule has 0 fully saturated rings. The number of ether oxygens (including phenoxy) is 1. The lowest BCUT2D eigenvalue weighted by molar-refractivity contribution is -0.137. The maximum Gasteiger partial charge on any atom is 0.417 e. The van der Waals surface area contributed by atoms with Crippen LogP contribution in [0.15, 0.2) is 72.0 Å². The van der Waals surface area contributed by atoms with E-state index in [1.165, 1.54) is 12.3 Å². The first-order valence-corrected chi connectivity index (χ1v) is 9.28. The zero-order chi connectivity index (χ0) is 20.0. The van der Waals surface area contributed by atoms with Gasteiger partial charge in [0.05, 0.1) is 11.8 Å². The van der Waals surface area contributed by atoms with Gasteiger partial charge in [0, 0.05) is 15.3 Å². The van der Waals surface area contributed by atoms with Crippen molar-refractivity contribution in [3.8, 4) is 5.75 Å². The number of nitrogens with zero attached hydrogens (tertiary/aromatic N) is 2. The zero-order valence-electron chi connectivity index (χ0n) is 14.4. The summed E-state index contributed by atoms with van der Waals surface area (Å²) in [6.45, 7) is 0.412. The van der Waals surface area contributed by atoms with Crippen LogP contribution >= 0.6 is 22.6 Å². The summed E-state index contributed by atoms with van der Waals surface area (Å²) in [6.07, 6.45) is -2.12. The molecule has 0 aliphatic rings. The summed E-state index contributed by atoms with van der Waals surface area (Å²) in [6, 6.07) is 17.5. The molecule has 0 unspecified atom stereocenters. The molecular formula is C20H15F3IN3O. The Balaban J connectivity index is 1.63. The van der Waals surface area contributed by atoms with Gasteiger partial charge in [0.1, 0.15) is 18.2 Å². The number of rotatable bonds is 6. The summed E-state index contributed by atoms with van der Waals surface area (Å²) < 4.78 is 44.7. The van der Waals surface area contributed by atoms with Crippen molar-refractivity contribution >= 4 is 34.6 Å². The highest BCUT2D eigenvalue weighted by Crippen LogP contribution is 2.28. The minimum absolute atomic E-state index is 0.210. The molecule has 1 N–H and O–H groups in total. The first-order chi connectivity index (χ1) is 13.4. The van der Waals surface area contributed by atoms with Crippen molar-refractivity contribution in [1.29, 1.82) is 0 Å². The van der Waals surface area contributed by atoms with Crippen LogP contribution in [0.2, 0.25) is 0 Å². The second-order valence-electron chi connectivity index (χ2n) is 5.75. The molecule has 0 saturated carbocycles. The monoisotopic (exact) mass is 497 g/mol. The number of hydrazone groups is 1. The van der Waals surface area contributed by atoms with Crippen LogP contribution in [0.4, 0.5) is 19.0 Å². The van der Waals surface area contributed by atoms with Crippen molar-refractivity contribution in [3.63, 3.8) is 0 Å². The molecule has 0 spiro atoms. The SMILES string of the molecule is FC(F)(F)c1ccc(N/N=C\c2ccccc2OCc2ccc(I)cc2)nc1. The van der Waals surface area contributed by atoms with Crippen LogP contribution in [0.25, 0.3) is 0 Å². The Morgan fingerprint density at radius 1 is 1.04 bits per heavy atom. The van der Waals surface area contributed by atoms with E-state index in [1.807, 2.05) is 48.5 Å². The molecule has 8 heteroatoms. The van der Waals surface area contributed by atoms with E-state index in [1.54, 1.807) is 0 Å². The Morgan fingerprint density at radius 2 is 1.79 bits per heavy atom. The van der Waals surface area contributed by atoms with Gasteiger partial charge in [-0.2, -0.15) is 18.3 Å². The molecule has 144 valence electrons. The lowest BCUT2D eigenvalue weighted by atomic mass is 10.2. The van der Waals surface area contributed by atoms with E-state index in [0.717, 1.165) is 27.0 Å². The normalized spacial score (nSPS) is 11.6. The summed E-state index contributed by atoms with van der Waals surface area (Å²) in [7, 11) is 0. The lowest BCUT2D eigenvalue weighted by Gasteiger charge is -2.09. The Hall–Kier alpha value is -2.62. The lowest BCUT2D eigenvalue weighted by Crippen LogP contribution is -2.05. The fraction of sp³-hybridized carbons (Fsp3) is 0.100. The standard InChI is InChI=1S/C20H15F3IN3O/c21-20(22,23)16-7-10-19(25-12-16)27-26-11-15-3-1-2-4-18(15)28-13-14-5-8-17(24)9-6-14/h1-12H,13H2,(H,25,27)/b26-11-. The van der Waals surface area contributed by atoms with E-state index in [2.05, 4.69) is 38.1 Å². The van der Waals surface area contributed by atoms with Gasteiger partial charge in [0.2, 0.25) is 0 Å². The maximum atomic E-state index is 12.5. The zero-order valence-corrected chi connectivity index (χ0v) is 16.6. The van der Waals surface area contributed by atoms with E-state index in [-0.39, 0.29) is 5.82 Å². The molecule has 3 aromatic rings. The first kappa shape index (κ1) is 20.1. The predicted octanol–water partition coefficient (Wildman–Crippen LogP) is 5.73. The number of pyridine rings is 1. The number of hydrogen-bond acceptors (Lipinski definition) is 4. The quantitative estimate of drug-likeness (QED) is 0.269. The molecule has 0 saturated heterocycles. The summed E-state index contributed by atoms with van der Waals surface area (Å²) in [5.74, 6) is 0.855. The Kier molecular flexibility index (Phi) is 6.50. The largest absolute Gasteiger partial charge is 0.488 e. The average Bonchev–Trinajstić information content (AvgIpc) is 2.68. The Labute approximate surface area is 173 Å². The first-order valence-electron chi connectivity index (χ1n) is 8.20. The van der Waals surface area contributed by atoms with Gasteiger partial charge >= 0.3 is 6.18 Å². The molecule has 2 aromatic carbocycles. The summed E-state index contributed by atoms with van der Waals surface area (Å²) in [4.78, 5) is 3.71. The van der Waals surface area contributed by atoms with E-state index in [9.17, 15) is 13.2 Å². The number of nitrogens with one attached hydrogen (secondary N) is 1. The fourth-order valence-electron chi connectivity index (χ4n) is 2.26. The van der Waals surface area contributed by atoms with E-state index >= 15 is 0 Å². The molecular weight excluding hydrogens is 482 g/mol. The van der Waals surface area contributed by atoms with Crippen molar-refractivity contribution < 1.29 is 17.9 Å². The van der Waals surface area contributed by atoms with Gasteiger partial charge < -0.3 is 4.74 Å². The van der Waals surface area contributed by atoms with Crippen molar-refractivity contribution in [2.45, 2.75) is 12.8 Å². The molecule has 1 heterocycles. The van der Waals surface area contributed by atoms with Crippen LogP contribution in [0.3, 0.4) is 0 Å². The second kappa shape index (κ2) is 9.05. The Morgan fingerprint density at radius 3 is 2.46 bits per heavy atom. The van der Waals surface area contributed by atoms with Crippen molar-refractivity contribution in [3.05, 3.63) is 87.1 Å². The van der Waals surface area contributed by atoms with Gasteiger partial charge in [-0.05, 0) is 64.6 Å². The molecule has 1 aromatic heterocycles. The van der Waals surface area contributed by atoms with E-state index < -0.39 is 11.7 Å². The summed E-state index contributed by atoms with van der Waals surface area (Å²) >= 11 is 2.24. The van der Waals surface area contributed by atoms with E-state index in [0.29, 0.717) is 12.4 Å². The topological polar surface area (TPSA) is 46.5 Å². The highest BCUT2D eigenvalue weighted by Gasteiger charge is 2.30. The average molecular weight is 497 g/mol. The molecule has 28 heavy (non-hydrogen) atoms. The number of alkyl halides is 3. The van der Waals surface area contributed by atoms with Gasteiger partial charge in [-0.25, -0.2) is 4.98 Å². The van der Waals surface area contributed by atoms with Gasteiger partial charge in [-0.1, -0.05) is 24.3 Å². The van der Waals surface area contributed by atoms with Gasteiger partial charge in [-0.3, -0.25) is 5.43 Å². The molecule has 0 aliphatic carbocycles. The minimum atomic E-state index is -4.41. The predicted molar refractivity (Wildman–Crippen MR) is 110 cm³/mol. The molecule has 0 radical (unpaired) electrons. The van der Waals surface area contributed by atoms with Crippen LogP contribution in [0.5, 0.6) is 5.75 Å². The molecule has 0 bridgehead atoms. The third-order valence-corrected chi connectivity index (χ3v) is 4.42. The van der Waals surface area contributed by atoms with Crippen LogP contribution < -0.4 is 10.2 Å². The van der Waals surface area contributed by atoms with Gasteiger partial charge in [-0.15, -0.1) is 0 Å². The smallest absolute Gasteiger partial charge is 0.417 e. The molecule has 4 nitrogen and oxygen atoms in total. The molecule has 0 amide bonds. The number of hydrogen-bond donors (Lipinski definition) is 1. The van der Waals surface area contributed by atoms with Crippen molar-refractivity contribution in [2.24, 2.45) is 5.10 Å². The highest BCUT2D eigenvalue weighted by molar-refractivity contribution is 14.1. The highest BCUT2D eigenvalue weighted by atomic mass is 127. The van der Waals surface area contributed by atoms with Crippen molar-refractivity contribution in [2.75, 3.05) is 5.43 Å².